The van der Waals surface area contributed by atoms with Gasteiger partial charge in [-0.05, 0) is 43.0 Å². The topological polar surface area (TPSA) is 43.8 Å². The van der Waals surface area contributed by atoms with E-state index in [1.165, 1.54) is 23.4 Å². The highest BCUT2D eigenvalue weighted by molar-refractivity contribution is 7.99. The molecule has 0 aliphatic rings. The Balaban J connectivity index is 2.17. The molecule has 2 rings (SSSR count). The van der Waals surface area contributed by atoms with E-state index in [0.717, 1.165) is 11.2 Å². The summed E-state index contributed by atoms with van der Waals surface area (Å²) in [4.78, 5) is 4.40. The molecule has 1 aromatic heterocycles. The lowest BCUT2D eigenvalue weighted by atomic mass is 10.2. The van der Waals surface area contributed by atoms with Crippen LogP contribution in [0.4, 0.5) is 5.69 Å². The molecular weight excluding hydrogens is 230 g/mol. The molecule has 0 fully saturated rings. The molecule has 1 aromatic carbocycles. The minimum atomic E-state index is 0.489. The zero-order valence-corrected chi connectivity index (χ0v) is 11.2. The van der Waals surface area contributed by atoms with E-state index in [1.807, 2.05) is 30.2 Å². The SMILES string of the molecule is CCSCCC(C)n1cnc2cc(N)ccc21. The first-order chi connectivity index (χ1) is 8.22. The quantitative estimate of drug-likeness (QED) is 0.653. The highest BCUT2D eigenvalue weighted by Crippen LogP contribution is 2.22. The number of aromatic nitrogens is 2. The Bertz CT molecular complexity index is 492. The molecule has 0 bridgehead atoms. The van der Waals surface area contributed by atoms with Crippen molar-refractivity contribution in [3.05, 3.63) is 24.5 Å². The first kappa shape index (κ1) is 12.3. The molecule has 0 aliphatic carbocycles. The third-order valence-electron chi connectivity index (χ3n) is 2.96. The van der Waals surface area contributed by atoms with Gasteiger partial charge in [-0.2, -0.15) is 11.8 Å². The lowest BCUT2D eigenvalue weighted by Crippen LogP contribution is -2.04. The molecule has 4 heteroatoms. The van der Waals surface area contributed by atoms with Gasteiger partial charge in [-0.25, -0.2) is 4.98 Å². The van der Waals surface area contributed by atoms with E-state index in [1.54, 1.807) is 0 Å². The van der Waals surface area contributed by atoms with Crippen molar-refractivity contribution < 1.29 is 0 Å². The van der Waals surface area contributed by atoms with Crippen LogP contribution in [0, 0.1) is 0 Å². The second-order valence-corrected chi connectivity index (χ2v) is 5.63. The Kier molecular flexibility index (Phi) is 3.94. The maximum Gasteiger partial charge on any atom is 0.0960 e. The Morgan fingerprint density at radius 3 is 3.06 bits per heavy atom. The fourth-order valence-corrected chi connectivity index (χ4v) is 2.73. The van der Waals surface area contributed by atoms with E-state index in [0.29, 0.717) is 6.04 Å². The number of imidazole rings is 1. The van der Waals surface area contributed by atoms with Crippen molar-refractivity contribution >= 4 is 28.5 Å². The molecular formula is C13H19N3S. The summed E-state index contributed by atoms with van der Waals surface area (Å²) >= 11 is 1.99. The number of nitrogen functional groups attached to an aromatic ring is 1. The zero-order valence-electron chi connectivity index (χ0n) is 10.4. The maximum atomic E-state index is 5.75. The van der Waals surface area contributed by atoms with Crippen molar-refractivity contribution in [2.24, 2.45) is 0 Å². The number of benzene rings is 1. The van der Waals surface area contributed by atoms with Crippen LogP contribution in [-0.4, -0.2) is 21.1 Å². The van der Waals surface area contributed by atoms with Crippen LogP contribution in [0.3, 0.4) is 0 Å². The minimum Gasteiger partial charge on any atom is -0.399 e. The first-order valence-corrected chi connectivity index (χ1v) is 7.17. The van der Waals surface area contributed by atoms with Crippen molar-refractivity contribution in [2.45, 2.75) is 26.3 Å². The van der Waals surface area contributed by atoms with E-state index in [-0.39, 0.29) is 0 Å². The van der Waals surface area contributed by atoms with Gasteiger partial charge in [0.1, 0.15) is 0 Å². The summed E-state index contributed by atoms with van der Waals surface area (Å²) < 4.78 is 2.24. The van der Waals surface area contributed by atoms with Gasteiger partial charge in [-0.15, -0.1) is 0 Å². The van der Waals surface area contributed by atoms with Crippen LogP contribution in [0.25, 0.3) is 11.0 Å². The predicted octanol–water partition coefficient (Wildman–Crippen LogP) is 3.32. The molecule has 3 nitrogen and oxygen atoms in total. The van der Waals surface area contributed by atoms with E-state index in [2.05, 4.69) is 29.5 Å². The van der Waals surface area contributed by atoms with Crippen LogP contribution in [0.2, 0.25) is 0 Å². The number of anilines is 1. The molecule has 2 aromatic rings. The van der Waals surface area contributed by atoms with Crippen molar-refractivity contribution in [1.82, 2.24) is 9.55 Å². The number of hydrogen-bond acceptors (Lipinski definition) is 3. The molecule has 0 amide bonds. The number of hydrogen-bond donors (Lipinski definition) is 1. The number of thioether (sulfide) groups is 1. The van der Waals surface area contributed by atoms with Gasteiger partial charge in [0.05, 0.1) is 17.4 Å². The molecule has 92 valence electrons. The van der Waals surface area contributed by atoms with Gasteiger partial charge in [0.15, 0.2) is 0 Å². The van der Waals surface area contributed by atoms with Gasteiger partial charge in [0.2, 0.25) is 0 Å². The molecule has 1 heterocycles. The summed E-state index contributed by atoms with van der Waals surface area (Å²) in [6.07, 6.45) is 3.10. The molecule has 0 aliphatic heterocycles. The summed E-state index contributed by atoms with van der Waals surface area (Å²) in [5.41, 5.74) is 8.69. The number of nitrogens with two attached hydrogens (primary N) is 1. The summed E-state index contributed by atoms with van der Waals surface area (Å²) in [6.45, 7) is 4.44. The second-order valence-electron chi connectivity index (χ2n) is 4.23. The van der Waals surface area contributed by atoms with Crippen molar-refractivity contribution in [3.8, 4) is 0 Å². The summed E-state index contributed by atoms with van der Waals surface area (Å²) in [5.74, 6) is 2.39. The Labute approximate surface area is 106 Å². The lowest BCUT2D eigenvalue weighted by Gasteiger charge is -2.13. The summed E-state index contributed by atoms with van der Waals surface area (Å²) in [6, 6.07) is 6.41. The van der Waals surface area contributed by atoms with Crippen LogP contribution in [0.15, 0.2) is 24.5 Å². The lowest BCUT2D eigenvalue weighted by molar-refractivity contribution is 0.548. The molecule has 2 N–H and O–H groups in total. The average molecular weight is 249 g/mol. The Morgan fingerprint density at radius 2 is 2.29 bits per heavy atom. The first-order valence-electron chi connectivity index (χ1n) is 6.02. The highest BCUT2D eigenvalue weighted by Gasteiger charge is 2.09. The van der Waals surface area contributed by atoms with Gasteiger partial charge in [-0.3, -0.25) is 0 Å². The maximum absolute atomic E-state index is 5.75. The molecule has 1 atom stereocenters. The van der Waals surface area contributed by atoms with Crippen LogP contribution >= 0.6 is 11.8 Å². The fraction of sp³-hybridized carbons (Fsp3) is 0.462. The van der Waals surface area contributed by atoms with Gasteiger partial charge < -0.3 is 10.3 Å². The van der Waals surface area contributed by atoms with E-state index in [4.69, 9.17) is 5.73 Å². The third-order valence-corrected chi connectivity index (χ3v) is 3.89. The van der Waals surface area contributed by atoms with Crippen molar-refractivity contribution in [3.63, 3.8) is 0 Å². The van der Waals surface area contributed by atoms with Crippen LogP contribution in [0.1, 0.15) is 26.3 Å². The zero-order chi connectivity index (χ0) is 12.3. The van der Waals surface area contributed by atoms with Gasteiger partial charge in [0, 0.05) is 11.7 Å². The Hall–Kier alpha value is -1.16. The largest absolute Gasteiger partial charge is 0.399 e. The molecule has 0 saturated carbocycles. The van der Waals surface area contributed by atoms with Gasteiger partial charge >= 0.3 is 0 Å². The number of fused-ring (bicyclic) bond motifs is 1. The fourth-order valence-electron chi connectivity index (χ4n) is 1.94. The molecule has 0 saturated heterocycles. The third kappa shape index (κ3) is 2.75. The second kappa shape index (κ2) is 5.45. The van der Waals surface area contributed by atoms with Gasteiger partial charge in [-0.1, -0.05) is 6.92 Å². The van der Waals surface area contributed by atoms with Gasteiger partial charge in [0.25, 0.3) is 0 Å². The molecule has 0 spiro atoms. The van der Waals surface area contributed by atoms with Crippen LogP contribution in [0.5, 0.6) is 0 Å². The van der Waals surface area contributed by atoms with Crippen molar-refractivity contribution in [1.29, 1.82) is 0 Å². The number of nitrogens with zero attached hydrogens (tertiary/aromatic N) is 2. The molecule has 0 radical (unpaired) electrons. The predicted molar refractivity (Wildman–Crippen MR) is 76.5 cm³/mol. The van der Waals surface area contributed by atoms with Crippen LogP contribution in [-0.2, 0) is 0 Å². The minimum absolute atomic E-state index is 0.489. The highest BCUT2D eigenvalue weighted by atomic mass is 32.2. The summed E-state index contributed by atoms with van der Waals surface area (Å²) in [5, 5.41) is 0. The normalized spacial score (nSPS) is 13.1. The smallest absolute Gasteiger partial charge is 0.0960 e. The van der Waals surface area contributed by atoms with Crippen molar-refractivity contribution in [2.75, 3.05) is 17.2 Å². The number of rotatable bonds is 5. The van der Waals surface area contributed by atoms with E-state index >= 15 is 0 Å². The van der Waals surface area contributed by atoms with Crippen LogP contribution < -0.4 is 5.73 Å². The molecule has 17 heavy (non-hydrogen) atoms. The average Bonchev–Trinajstić information content (AvgIpc) is 2.72. The Morgan fingerprint density at radius 1 is 1.47 bits per heavy atom. The monoisotopic (exact) mass is 249 g/mol. The van der Waals surface area contributed by atoms with E-state index < -0.39 is 0 Å². The standard InChI is InChI=1S/C13H19N3S/c1-3-17-7-6-10(2)16-9-15-12-8-11(14)4-5-13(12)16/h4-5,8-10H,3,6-7,14H2,1-2H3. The van der Waals surface area contributed by atoms with E-state index in [9.17, 15) is 0 Å². The molecule has 1 unspecified atom stereocenters. The summed E-state index contributed by atoms with van der Waals surface area (Å²) in [7, 11) is 0.